The number of aryl methyl sites for hydroxylation is 1. The molecule has 0 aromatic carbocycles. The minimum Gasteiger partial charge on any atom is -0.356 e. The van der Waals surface area contributed by atoms with Crippen LogP contribution in [0.1, 0.15) is 24.1 Å². The molecule has 0 unspecified atom stereocenters. The molecule has 25 heavy (non-hydrogen) atoms. The first kappa shape index (κ1) is 17.4. The third-order valence-electron chi connectivity index (χ3n) is 4.44. The largest absolute Gasteiger partial charge is 0.433 e. The lowest BCUT2D eigenvalue weighted by molar-refractivity contribution is -0.141. The van der Waals surface area contributed by atoms with Gasteiger partial charge in [0.15, 0.2) is 0 Å². The zero-order valence-corrected chi connectivity index (χ0v) is 14.2. The van der Waals surface area contributed by atoms with Crippen molar-refractivity contribution in [2.75, 3.05) is 29.9 Å². The standard InChI is InChI=1S/C17H20F3N5/c1-12-10-21-16(22-11-12)24(2)13-6-8-25(9-7-13)15-5-3-4-14(23-15)17(18,19)20/h3-5,10-11,13H,6-9H2,1-2H3. The molecule has 0 bridgehead atoms. The van der Waals surface area contributed by atoms with Crippen LogP contribution in [0.25, 0.3) is 0 Å². The van der Waals surface area contributed by atoms with Gasteiger partial charge in [-0.3, -0.25) is 0 Å². The van der Waals surface area contributed by atoms with E-state index < -0.39 is 11.9 Å². The lowest BCUT2D eigenvalue weighted by atomic mass is 10.0. The highest BCUT2D eigenvalue weighted by molar-refractivity contribution is 5.41. The number of alkyl halides is 3. The maximum Gasteiger partial charge on any atom is 0.433 e. The summed E-state index contributed by atoms with van der Waals surface area (Å²) in [5.41, 5.74) is 0.153. The van der Waals surface area contributed by atoms with Gasteiger partial charge in [-0.2, -0.15) is 13.2 Å². The van der Waals surface area contributed by atoms with Crippen molar-refractivity contribution in [3.05, 3.63) is 41.9 Å². The Labute approximate surface area is 144 Å². The van der Waals surface area contributed by atoms with Gasteiger partial charge in [0.1, 0.15) is 11.5 Å². The van der Waals surface area contributed by atoms with Crippen LogP contribution in [0.15, 0.2) is 30.6 Å². The number of nitrogens with zero attached hydrogens (tertiary/aromatic N) is 5. The molecule has 3 rings (SSSR count). The van der Waals surface area contributed by atoms with Crippen LogP contribution in [0.2, 0.25) is 0 Å². The number of piperidine rings is 1. The van der Waals surface area contributed by atoms with E-state index in [9.17, 15) is 13.2 Å². The predicted octanol–water partition coefficient (Wildman–Crippen LogP) is 3.30. The van der Waals surface area contributed by atoms with Crippen molar-refractivity contribution < 1.29 is 13.2 Å². The fourth-order valence-corrected chi connectivity index (χ4v) is 2.97. The Bertz CT molecular complexity index is 709. The van der Waals surface area contributed by atoms with Crippen LogP contribution in [0, 0.1) is 6.92 Å². The van der Waals surface area contributed by atoms with Crippen molar-refractivity contribution in [1.82, 2.24) is 15.0 Å². The van der Waals surface area contributed by atoms with Crippen molar-refractivity contribution in [3.63, 3.8) is 0 Å². The Morgan fingerprint density at radius 3 is 2.36 bits per heavy atom. The molecule has 0 atom stereocenters. The van der Waals surface area contributed by atoms with Gasteiger partial charge in [-0.25, -0.2) is 15.0 Å². The zero-order chi connectivity index (χ0) is 18.0. The third-order valence-corrected chi connectivity index (χ3v) is 4.44. The van der Waals surface area contributed by atoms with Crippen molar-refractivity contribution in [1.29, 1.82) is 0 Å². The molecule has 1 fully saturated rings. The Morgan fingerprint density at radius 2 is 1.76 bits per heavy atom. The molecule has 1 saturated heterocycles. The van der Waals surface area contributed by atoms with Crippen LogP contribution in [-0.4, -0.2) is 41.1 Å². The lowest BCUT2D eigenvalue weighted by Crippen LogP contribution is -2.44. The molecule has 8 heteroatoms. The monoisotopic (exact) mass is 351 g/mol. The van der Waals surface area contributed by atoms with E-state index in [1.807, 2.05) is 23.8 Å². The topological polar surface area (TPSA) is 45.2 Å². The average molecular weight is 351 g/mol. The highest BCUT2D eigenvalue weighted by Gasteiger charge is 2.33. The third kappa shape index (κ3) is 4.00. The van der Waals surface area contributed by atoms with Crippen molar-refractivity contribution >= 4 is 11.8 Å². The van der Waals surface area contributed by atoms with E-state index in [4.69, 9.17) is 0 Å². The number of pyridine rings is 1. The van der Waals surface area contributed by atoms with Gasteiger partial charge in [-0.05, 0) is 37.5 Å². The Hall–Kier alpha value is -2.38. The number of aromatic nitrogens is 3. The minimum atomic E-state index is -4.42. The van der Waals surface area contributed by atoms with Gasteiger partial charge in [0.25, 0.3) is 0 Å². The Kier molecular flexibility index (Phi) is 4.78. The van der Waals surface area contributed by atoms with E-state index in [-0.39, 0.29) is 6.04 Å². The minimum absolute atomic E-state index is 0.254. The van der Waals surface area contributed by atoms with E-state index in [0.717, 1.165) is 24.5 Å². The quantitative estimate of drug-likeness (QED) is 0.849. The van der Waals surface area contributed by atoms with E-state index in [0.29, 0.717) is 24.9 Å². The molecule has 5 nitrogen and oxygen atoms in total. The summed E-state index contributed by atoms with van der Waals surface area (Å²) in [6.07, 6.45) is 0.760. The van der Waals surface area contributed by atoms with Crippen LogP contribution in [0.4, 0.5) is 24.9 Å². The Morgan fingerprint density at radius 1 is 1.12 bits per heavy atom. The molecule has 1 aliphatic heterocycles. The molecule has 0 aliphatic carbocycles. The first-order chi connectivity index (χ1) is 11.8. The Balaban J connectivity index is 1.65. The molecule has 2 aromatic heterocycles. The number of hydrogen-bond acceptors (Lipinski definition) is 5. The highest BCUT2D eigenvalue weighted by Crippen LogP contribution is 2.30. The molecule has 0 N–H and O–H groups in total. The van der Waals surface area contributed by atoms with Crippen molar-refractivity contribution in [2.24, 2.45) is 0 Å². The second kappa shape index (κ2) is 6.85. The SMILES string of the molecule is Cc1cnc(N(C)C2CCN(c3cccc(C(F)(F)F)n3)CC2)nc1. The van der Waals surface area contributed by atoms with Gasteiger partial charge in [0, 0.05) is 38.6 Å². The normalized spacial score (nSPS) is 16.1. The summed E-state index contributed by atoms with van der Waals surface area (Å²) < 4.78 is 38.5. The predicted molar refractivity (Wildman–Crippen MR) is 89.6 cm³/mol. The number of halogens is 3. The second-order valence-electron chi connectivity index (χ2n) is 6.27. The van der Waals surface area contributed by atoms with Gasteiger partial charge in [-0.15, -0.1) is 0 Å². The molecule has 1 aliphatic rings. The smallest absolute Gasteiger partial charge is 0.356 e. The molecule has 0 spiro atoms. The fourth-order valence-electron chi connectivity index (χ4n) is 2.97. The van der Waals surface area contributed by atoms with Crippen LogP contribution in [-0.2, 0) is 6.18 Å². The van der Waals surface area contributed by atoms with Crippen LogP contribution in [0.5, 0.6) is 0 Å². The van der Waals surface area contributed by atoms with Crippen LogP contribution < -0.4 is 9.80 Å². The molecular formula is C17H20F3N5. The van der Waals surface area contributed by atoms with E-state index in [1.54, 1.807) is 18.5 Å². The second-order valence-corrected chi connectivity index (χ2v) is 6.27. The summed E-state index contributed by atoms with van der Waals surface area (Å²) in [5.74, 6) is 1.05. The number of rotatable bonds is 3. The van der Waals surface area contributed by atoms with Crippen LogP contribution >= 0.6 is 0 Å². The summed E-state index contributed by atoms with van der Waals surface area (Å²) >= 11 is 0. The lowest BCUT2D eigenvalue weighted by Gasteiger charge is -2.37. The molecular weight excluding hydrogens is 331 g/mol. The summed E-state index contributed by atoms with van der Waals surface area (Å²) in [5, 5.41) is 0. The zero-order valence-electron chi connectivity index (χ0n) is 14.2. The summed E-state index contributed by atoms with van der Waals surface area (Å²) in [4.78, 5) is 16.4. The van der Waals surface area contributed by atoms with E-state index >= 15 is 0 Å². The highest BCUT2D eigenvalue weighted by atomic mass is 19.4. The summed E-state index contributed by atoms with van der Waals surface area (Å²) in [6, 6.07) is 4.29. The van der Waals surface area contributed by atoms with Gasteiger partial charge < -0.3 is 9.80 Å². The summed E-state index contributed by atoms with van der Waals surface area (Å²) in [7, 11) is 1.95. The van der Waals surface area contributed by atoms with Gasteiger partial charge in [-0.1, -0.05) is 6.07 Å². The maximum absolute atomic E-state index is 12.8. The molecule has 2 aromatic rings. The first-order valence-corrected chi connectivity index (χ1v) is 8.15. The number of hydrogen-bond donors (Lipinski definition) is 0. The molecule has 0 amide bonds. The first-order valence-electron chi connectivity index (χ1n) is 8.15. The number of anilines is 2. The molecule has 3 heterocycles. The van der Waals surface area contributed by atoms with E-state index in [2.05, 4.69) is 15.0 Å². The molecule has 0 radical (unpaired) electrons. The average Bonchev–Trinajstić information content (AvgIpc) is 2.61. The maximum atomic E-state index is 12.8. The van der Waals surface area contributed by atoms with Gasteiger partial charge in [0.05, 0.1) is 0 Å². The fraction of sp³-hybridized carbons (Fsp3) is 0.471. The summed E-state index contributed by atoms with van der Waals surface area (Å²) in [6.45, 7) is 3.23. The van der Waals surface area contributed by atoms with Gasteiger partial charge >= 0.3 is 6.18 Å². The van der Waals surface area contributed by atoms with Crippen molar-refractivity contribution in [2.45, 2.75) is 32.0 Å². The molecule has 0 saturated carbocycles. The van der Waals surface area contributed by atoms with Crippen molar-refractivity contribution in [3.8, 4) is 0 Å². The molecule has 134 valence electrons. The van der Waals surface area contributed by atoms with Crippen LogP contribution in [0.3, 0.4) is 0 Å². The van der Waals surface area contributed by atoms with E-state index in [1.165, 1.54) is 6.07 Å². The van der Waals surface area contributed by atoms with Gasteiger partial charge in [0.2, 0.25) is 5.95 Å².